The number of hydrogen-bond donors (Lipinski definition) is 1. The van der Waals surface area contributed by atoms with E-state index in [1.54, 1.807) is 6.92 Å². The molecule has 0 aliphatic heterocycles. The van der Waals surface area contributed by atoms with Crippen LogP contribution in [0, 0.1) is 13.8 Å². The summed E-state index contributed by atoms with van der Waals surface area (Å²) in [5.41, 5.74) is 2.78. The zero-order chi connectivity index (χ0) is 21.9. The molecule has 3 aromatic rings. The molecule has 3 rings (SSSR count). The van der Waals surface area contributed by atoms with Crippen LogP contribution in [-0.2, 0) is 19.9 Å². The first-order chi connectivity index (χ1) is 14.1. The molecule has 0 heterocycles. The SMILES string of the molecule is Cc1cc(S(C)(=O)=O)c(C)c(S(=O)(=O)NCC(c2ccccc2)c2ccccc2)c1. The van der Waals surface area contributed by atoms with Crippen molar-refractivity contribution < 1.29 is 16.8 Å². The lowest BCUT2D eigenvalue weighted by atomic mass is 9.92. The van der Waals surface area contributed by atoms with E-state index in [0.29, 0.717) is 5.56 Å². The molecule has 0 radical (unpaired) electrons. The number of aryl methyl sites for hydroxylation is 1. The molecular formula is C23H25NO4S2. The summed E-state index contributed by atoms with van der Waals surface area (Å²) in [4.78, 5) is 0.0216. The second-order valence-corrected chi connectivity index (χ2v) is 11.1. The molecule has 0 aliphatic rings. The maximum atomic E-state index is 13.1. The fraction of sp³-hybridized carbons (Fsp3) is 0.217. The highest BCUT2D eigenvalue weighted by Crippen LogP contribution is 2.27. The first kappa shape index (κ1) is 22.2. The van der Waals surface area contributed by atoms with E-state index >= 15 is 0 Å². The number of nitrogens with one attached hydrogen (secondary N) is 1. The van der Waals surface area contributed by atoms with Gasteiger partial charge in [0.15, 0.2) is 9.84 Å². The lowest BCUT2D eigenvalue weighted by Crippen LogP contribution is -2.30. The van der Waals surface area contributed by atoms with E-state index in [4.69, 9.17) is 0 Å². The first-order valence-corrected chi connectivity index (χ1v) is 12.9. The van der Waals surface area contributed by atoms with Crippen molar-refractivity contribution in [3.8, 4) is 0 Å². The van der Waals surface area contributed by atoms with Gasteiger partial charge >= 0.3 is 0 Å². The predicted molar refractivity (Wildman–Crippen MR) is 119 cm³/mol. The van der Waals surface area contributed by atoms with E-state index < -0.39 is 19.9 Å². The van der Waals surface area contributed by atoms with Gasteiger partial charge in [0.2, 0.25) is 10.0 Å². The van der Waals surface area contributed by atoms with Gasteiger partial charge in [-0.2, -0.15) is 0 Å². The molecule has 0 amide bonds. The van der Waals surface area contributed by atoms with Gasteiger partial charge in [-0.3, -0.25) is 0 Å². The van der Waals surface area contributed by atoms with Crippen molar-refractivity contribution in [1.29, 1.82) is 0 Å². The van der Waals surface area contributed by atoms with Gasteiger partial charge in [0, 0.05) is 18.7 Å². The van der Waals surface area contributed by atoms with E-state index in [1.165, 1.54) is 19.1 Å². The van der Waals surface area contributed by atoms with Crippen LogP contribution >= 0.6 is 0 Å². The zero-order valence-corrected chi connectivity index (χ0v) is 18.8. The molecule has 1 N–H and O–H groups in total. The molecule has 0 spiro atoms. The molecule has 0 bridgehead atoms. The number of rotatable bonds is 7. The van der Waals surface area contributed by atoms with Gasteiger partial charge in [-0.05, 0) is 48.2 Å². The molecular weight excluding hydrogens is 418 g/mol. The van der Waals surface area contributed by atoms with Crippen molar-refractivity contribution in [2.75, 3.05) is 12.8 Å². The monoisotopic (exact) mass is 443 g/mol. The number of benzene rings is 3. The summed E-state index contributed by atoms with van der Waals surface area (Å²) in [5, 5.41) is 0. The van der Waals surface area contributed by atoms with Crippen LogP contribution in [0.3, 0.4) is 0 Å². The third-order valence-electron chi connectivity index (χ3n) is 5.03. The molecule has 3 aromatic carbocycles. The van der Waals surface area contributed by atoms with E-state index in [1.807, 2.05) is 60.7 Å². The van der Waals surface area contributed by atoms with Crippen molar-refractivity contribution in [3.63, 3.8) is 0 Å². The molecule has 0 aliphatic carbocycles. The van der Waals surface area contributed by atoms with Crippen LogP contribution in [0.5, 0.6) is 0 Å². The fourth-order valence-electron chi connectivity index (χ4n) is 3.53. The van der Waals surface area contributed by atoms with Gasteiger partial charge in [0.25, 0.3) is 0 Å². The van der Waals surface area contributed by atoms with Crippen LogP contribution in [0.4, 0.5) is 0 Å². The van der Waals surface area contributed by atoms with E-state index in [2.05, 4.69) is 4.72 Å². The number of hydrogen-bond acceptors (Lipinski definition) is 4. The molecule has 30 heavy (non-hydrogen) atoms. The van der Waals surface area contributed by atoms with Gasteiger partial charge < -0.3 is 0 Å². The molecule has 0 saturated carbocycles. The molecule has 0 atom stereocenters. The van der Waals surface area contributed by atoms with Gasteiger partial charge in [-0.25, -0.2) is 21.6 Å². The highest BCUT2D eigenvalue weighted by atomic mass is 32.2. The Kier molecular flexibility index (Phi) is 6.45. The van der Waals surface area contributed by atoms with Crippen molar-refractivity contribution in [3.05, 3.63) is 95.1 Å². The zero-order valence-electron chi connectivity index (χ0n) is 17.2. The second kappa shape index (κ2) is 8.71. The summed E-state index contributed by atoms with van der Waals surface area (Å²) >= 11 is 0. The Balaban J connectivity index is 1.98. The van der Waals surface area contributed by atoms with Crippen LogP contribution in [-0.4, -0.2) is 29.6 Å². The molecule has 5 nitrogen and oxygen atoms in total. The first-order valence-electron chi connectivity index (χ1n) is 9.50. The highest BCUT2D eigenvalue weighted by Gasteiger charge is 2.24. The summed E-state index contributed by atoms with van der Waals surface area (Å²) < 4.78 is 53.2. The Hall–Kier alpha value is -2.48. The second-order valence-electron chi connectivity index (χ2n) is 7.38. The van der Waals surface area contributed by atoms with E-state index in [0.717, 1.165) is 17.4 Å². The van der Waals surface area contributed by atoms with Crippen molar-refractivity contribution in [2.45, 2.75) is 29.6 Å². The summed E-state index contributed by atoms with van der Waals surface area (Å²) in [7, 11) is -7.47. The average Bonchev–Trinajstić information content (AvgIpc) is 2.70. The van der Waals surface area contributed by atoms with Crippen LogP contribution in [0.25, 0.3) is 0 Å². The quantitative estimate of drug-likeness (QED) is 0.602. The normalized spacial score (nSPS) is 12.3. The lowest BCUT2D eigenvalue weighted by Gasteiger charge is -2.20. The molecule has 0 fully saturated rings. The van der Waals surface area contributed by atoms with Crippen molar-refractivity contribution >= 4 is 19.9 Å². The molecule has 0 unspecified atom stereocenters. The molecule has 0 aromatic heterocycles. The standard InChI is InChI=1S/C23H25NO4S2/c1-17-14-22(29(3,25)26)18(2)23(15-17)30(27,28)24-16-21(19-10-6-4-7-11-19)20-12-8-5-9-13-20/h4-15,21,24H,16H2,1-3H3. The summed E-state index contributed by atoms with van der Waals surface area (Å²) in [6.45, 7) is 3.36. The van der Waals surface area contributed by atoms with Crippen LogP contribution in [0.1, 0.15) is 28.2 Å². The largest absolute Gasteiger partial charge is 0.240 e. The molecule has 7 heteroatoms. The van der Waals surface area contributed by atoms with Crippen LogP contribution in [0.15, 0.2) is 82.6 Å². The Labute approximate surface area is 178 Å². The molecule has 158 valence electrons. The Morgan fingerprint density at radius 2 is 1.23 bits per heavy atom. The van der Waals surface area contributed by atoms with Gasteiger partial charge in [0.05, 0.1) is 9.79 Å². The minimum Gasteiger partial charge on any atom is -0.224 e. The van der Waals surface area contributed by atoms with Gasteiger partial charge in [-0.1, -0.05) is 60.7 Å². The smallest absolute Gasteiger partial charge is 0.224 e. The fourth-order valence-corrected chi connectivity index (χ4v) is 6.05. The maximum Gasteiger partial charge on any atom is 0.240 e. The lowest BCUT2D eigenvalue weighted by molar-refractivity contribution is 0.576. The summed E-state index contributed by atoms with van der Waals surface area (Å²) in [6, 6.07) is 22.4. The maximum absolute atomic E-state index is 13.1. The van der Waals surface area contributed by atoms with Gasteiger partial charge in [-0.15, -0.1) is 0 Å². The Morgan fingerprint density at radius 1 is 0.767 bits per heavy atom. The Bertz CT molecular complexity index is 1200. The minimum atomic E-state index is -3.92. The third kappa shape index (κ3) is 4.98. The predicted octanol–water partition coefficient (Wildman–Crippen LogP) is 3.82. The number of sulfonamides is 1. The van der Waals surface area contributed by atoms with Crippen LogP contribution in [0.2, 0.25) is 0 Å². The van der Waals surface area contributed by atoms with Crippen LogP contribution < -0.4 is 4.72 Å². The topological polar surface area (TPSA) is 80.3 Å². The summed E-state index contributed by atoms with van der Waals surface area (Å²) in [5.74, 6) is -0.179. The minimum absolute atomic E-state index is 0.0113. The average molecular weight is 444 g/mol. The van der Waals surface area contributed by atoms with E-state index in [9.17, 15) is 16.8 Å². The third-order valence-corrected chi connectivity index (χ3v) is 7.80. The summed E-state index contributed by atoms with van der Waals surface area (Å²) in [6.07, 6.45) is 1.08. The number of sulfone groups is 1. The van der Waals surface area contributed by atoms with E-state index in [-0.39, 0.29) is 27.8 Å². The van der Waals surface area contributed by atoms with Gasteiger partial charge in [0.1, 0.15) is 0 Å². The van der Waals surface area contributed by atoms with Crippen molar-refractivity contribution in [2.24, 2.45) is 0 Å². The Morgan fingerprint density at radius 3 is 1.70 bits per heavy atom. The molecule has 0 saturated heterocycles. The van der Waals surface area contributed by atoms with Crippen molar-refractivity contribution in [1.82, 2.24) is 4.72 Å². The highest BCUT2D eigenvalue weighted by molar-refractivity contribution is 7.91.